The minimum atomic E-state index is -0.371. The minimum Gasteiger partial charge on any atom is -0.368 e. The number of halogens is 1. The predicted octanol–water partition coefficient (Wildman–Crippen LogP) is 2.74. The maximum atomic E-state index is 14.0. The molecule has 7 nitrogen and oxygen atoms in total. The zero-order valence-electron chi connectivity index (χ0n) is 16.2. The zero-order valence-corrected chi connectivity index (χ0v) is 16.2. The third-order valence-corrected chi connectivity index (χ3v) is 5.38. The number of rotatable bonds is 4. The molecule has 0 amide bonds. The van der Waals surface area contributed by atoms with Gasteiger partial charge in [-0.1, -0.05) is 36.4 Å². The van der Waals surface area contributed by atoms with Crippen molar-refractivity contribution in [2.75, 3.05) is 0 Å². The van der Waals surface area contributed by atoms with Crippen molar-refractivity contribution in [3.05, 3.63) is 66.2 Å². The summed E-state index contributed by atoms with van der Waals surface area (Å²) in [6, 6.07) is 13.3. The van der Waals surface area contributed by atoms with E-state index in [1.165, 1.54) is 12.3 Å². The van der Waals surface area contributed by atoms with Crippen LogP contribution in [0.15, 0.2) is 69.8 Å². The number of aliphatic imine (C=N–C) groups is 3. The molecule has 2 aliphatic heterocycles. The second kappa shape index (κ2) is 7.31. The molecule has 3 heterocycles. The van der Waals surface area contributed by atoms with Crippen LogP contribution in [0.25, 0.3) is 21.9 Å². The van der Waals surface area contributed by atoms with Gasteiger partial charge in [-0.15, -0.1) is 0 Å². The van der Waals surface area contributed by atoms with Gasteiger partial charge in [0.2, 0.25) is 5.96 Å². The smallest absolute Gasteiger partial charge is 0.218 e. The number of nitrogens with two attached hydrogens (primary N) is 1. The van der Waals surface area contributed by atoms with Gasteiger partial charge in [0.15, 0.2) is 0 Å². The van der Waals surface area contributed by atoms with Gasteiger partial charge < -0.3 is 11.1 Å². The van der Waals surface area contributed by atoms with Crippen LogP contribution >= 0.6 is 0 Å². The molecule has 30 heavy (non-hydrogen) atoms. The zero-order chi connectivity index (χ0) is 20.7. The molecule has 1 aromatic heterocycles. The first kappa shape index (κ1) is 18.4. The third-order valence-electron chi connectivity index (χ3n) is 5.38. The molecule has 4 N–H and O–H groups in total. The van der Waals surface area contributed by atoms with E-state index in [9.17, 15) is 4.39 Å². The fourth-order valence-electron chi connectivity index (χ4n) is 4.03. The number of nitrogens with one attached hydrogen (secondary N) is 2. The molecule has 3 atom stereocenters. The molecule has 0 radical (unpaired) electrons. The van der Waals surface area contributed by atoms with E-state index in [4.69, 9.17) is 5.73 Å². The summed E-state index contributed by atoms with van der Waals surface area (Å²) in [5.41, 5.74) is 8.56. The van der Waals surface area contributed by atoms with Crippen LogP contribution < -0.4 is 16.4 Å². The predicted molar refractivity (Wildman–Crippen MR) is 117 cm³/mol. The number of aromatic nitrogens is 1. The topological polar surface area (TPSA) is 100 Å². The van der Waals surface area contributed by atoms with E-state index in [1.54, 1.807) is 12.5 Å². The van der Waals surface area contributed by atoms with Gasteiger partial charge in [0.1, 0.15) is 23.9 Å². The summed E-state index contributed by atoms with van der Waals surface area (Å²) in [6.45, 7) is 2.05. The molecule has 0 fully saturated rings. The number of nitrogens with zero attached hydrogens (tertiary/aromatic N) is 4. The molecule has 0 spiro atoms. The van der Waals surface area contributed by atoms with Gasteiger partial charge >= 0.3 is 0 Å². The van der Waals surface area contributed by atoms with E-state index in [0.717, 1.165) is 27.5 Å². The standard InChI is InChI=1S/C22H20FN7/c1-12(28-21-19-20(27-11-26-19)29-22(24)30-21)16-7-6-13-4-2-3-5-17(13)18(16)14-8-15(23)10-25-9-14/h2-12,19,21,28H,1H3,(H3,24,26,27,29,30). The van der Waals surface area contributed by atoms with Crippen molar-refractivity contribution >= 4 is 28.9 Å². The van der Waals surface area contributed by atoms with Crippen molar-refractivity contribution in [3.8, 4) is 11.1 Å². The molecule has 0 saturated carbocycles. The summed E-state index contributed by atoms with van der Waals surface area (Å²) in [7, 11) is 0. The maximum Gasteiger partial charge on any atom is 0.218 e. The Labute approximate surface area is 172 Å². The lowest BCUT2D eigenvalue weighted by Gasteiger charge is -2.28. The quantitative estimate of drug-likeness (QED) is 0.626. The highest BCUT2D eigenvalue weighted by molar-refractivity contribution is 6.08. The average Bonchev–Trinajstić information content (AvgIpc) is 3.21. The molecule has 0 aliphatic carbocycles. The van der Waals surface area contributed by atoms with Gasteiger partial charge in [0.05, 0.1) is 12.5 Å². The van der Waals surface area contributed by atoms with E-state index < -0.39 is 0 Å². The van der Waals surface area contributed by atoms with E-state index in [0.29, 0.717) is 5.84 Å². The molecule has 8 heteroatoms. The highest BCUT2D eigenvalue weighted by Crippen LogP contribution is 2.35. The Morgan fingerprint density at radius 2 is 2.03 bits per heavy atom. The Hall–Kier alpha value is -3.65. The first-order valence-electron chi connectivity index (χ1n) is 9.69. The van der Waals surface area contributed by atoms with Crippen LogP contribution in [0.5, 0.6) is 0 Å². The number of pyridine rings is 1. The molecule has 0 saturated heterocycles. The Morgan fingerprint density at radius 3 is 2.90 bits per heavy atom. The second-order valence-corrected chi connectivity index (χ2v) is 7.33. The molecule has 150 valence electrons. The lowest BCUT2D eigenvalue weighted by molar-refractivity contribution is 0.445. The van der Waals surface area contributed by atoms with Gasteiger partial charge in [-0.05, 0) is 34.9 Å². The molecule has 2 aromatic carbocycles. The molecule has 3 aromatic rings. The minimum absolute atomic E-state index is 0.121. The van der Waals surface area contributed by atoms with Crippen LogP contribution in [0.2, 0.25) is 0 Å². The van der Waals surface area contributed by atoms with Crippen LogP contribution in [-0.2, 0) is 0 Å². The average molecular weight is 401 g/mol. The number of guanidine groups is 1. The monoisotopic (exact) mass is 401 g/mol. The highest BCUT2D eigenvalue weighted by atomic mass is 19.1. The lowest BCUT2D eigenvalue weighted by Crippen LogP contribution is -2.48. The van der Waals surface area contributed by atoms with Gasteiger partial charge in [-0.2, -0.15) is 4.99 Å². The first-order valence-corrected chi connectivity index (χ1v) is 9.69. The van der Waals surface area contributed by atoms with Crippen LogP contribution in [0.4, 0.5) is 4.39 Å². The number of fused-ring (bicyclic) bond motifs is 2. The number of hydrogen-bond donors (Lipinski definition) is 3. The largest absolute Gasteiger partial charge is 0.368 e. The van der Waals surface area contributed by atoms with Crippen molar-refractivity contribution in [1.82, 2.24) is 15.6 Å². The lowest BCUT2D eigenvalue weighted by atomic mass is 9.90. The maximum absolute atomic E-state index is 14.0. The number of amidine groups is 1. The summed E-state index contributed by atoms with van der Waals surface area (Å²) < 4.78 is 14.0. The summed E-state index contributed by atoms with van der Waals surface area (Å²) in [6.07, 6.45) is 4.15. The number of benzene rings is 2. The molecule has 5 rings (SSSR count). The normalized spacial score (nSPS) is 21.0. The second-order valence-electron chi connectivity index (χ2n) is 7.33. The Kier molecular flexibility index (Phi) is 4.48. The Bertz CT molecular complexity index is 1220. The summed E-state index contributed by atoms with van der Waals surface area (Å²) >= 11 is 0. The van der Waals surface area contributed by atoms with E-state index in [2.05, 4.69) is 42.7 Å². The number of hydrogen-bond acceptors (Lipinski definition) is 7. The van der Waals surface area contributed by atoms with Crippen molar-refractivity contribution in [2.24, 2.45) is 20.7 Å². The van der Waals surface area contributed by atoms with Crippen LogP contribution in [-0.4, -0.2) is 35.3 Å². The van der Waals surface area contributed by atoms with E-state index in [1.807, 2.05) is 31.2 Å². The summed E-state index contributed by atoms with van der Waals surface area (Å²) in [5, 5.41) is 8.63. The molecular weight excluding hydrogens is 381 g/mol. The Balaban J connectivity index is 1.58. The fourth-order valence-corrected chi connectivity index (χ4v) is 4.03. The highest BCUT2D eigenvalue weighted by Gasteiger charge is 2.33. The van der Waals surface area contributed by atoms with Gasteiger partial charge in [0.25, 0.3) is 0 Å². The summed E-state index contributed by atoms with van der Waals surface area (Å²) in [4.78, 5) is 17.1. The van der Waals surface area contributed by atoms with Gasteiger partial charge in [-0.25, -0.2) is 9.38 Å². The fraction of sp³-hybridized carbons (Fsp3) is 0.182. The molecular formula is C22H20FN7. The molecule has 2 aliphatic rings. The molecule has 3 unspecified atom stereocenters. The third kappa shape index (κ3) is 3.21. The van der Waals surface area contributed by atoms with Crippen molar-refractivity contribution in [3.63, 3.8) is 0 Å². The van der Waals surface area contributed by atoms with Crippen molar-refractivity contribution < 1.29 is 4.39 Å². The van der Waals surface area contributed by atoms with Crippen molar-refractivity contribution in [2.45, 2.75) is 25.2 Å². The van der Waals surface area contributed by atoms with Crippen LogP contribution in [0.1, 0.15) is 18.5 Å². The van der Waals surface area contributed by atoms with Gasteiger partial charge in [0, 0.05) is 17.8 Å². The van der Waals surface area contributed by atoms with Gasteiger partial charge in [-0.3, -0.25) is 15.3 Å². The molecule has 0 bridgehead atoms. The first-order chi connectivity index (χ1) is 14.6. The van der Waals surface area contributed by atoms with E-state index in [-0.39, 0.29) is 30.0 Å². The van der Waals surface area contributed by atoms with E-state index >= 15 is 0 Å². The Morgan fingerprint density at radius 1 is 1.17 bits per heavy atom. The van der Waals surface area contributed by atoms with Crippen LogP contribution in [0.3, 0.4) is 0 Å². The SMILES string of the molecule is CC(NC1N=C(N)N=C2NC=NC21)c1ccc2ccccc2c1-c1cncc(F)c1. The summed E-state index contributed by atoms with van der Waals surface area (Å²) in [5.74, 6) is 0.515. The van der Waals surface area contributed by atoms with Crippen molar-refractivity contribution in [1.29, 1.82) is 0 Å². The van der Waals surface area contributed by atoms with Crippen LogP contribution in [0, 0.1) is 5.82 Å².